The number of methoxy groups -OCH3 is 1. The van der Waals surface area contributed by atoms with Crippen LogP contribution >= 0.6 is 0 Å². The number of rotatable bonds is 5. The molecular formula is C24H29NO6. The van der Waals surface area contributed by atoms with Crippen molar-refractivity contribution in [1.82, 2.24) is 4.98 Å². The van der Waals surface area contributed by atoms with Crippen LogP contribution in [0.3, 0.4) is 0 Å². The first-order valence-electron chi connectivity index (χ1n) is 11.2. The molecule has 2 aromatic rings. The normalized spacial score (nSPS) is 18.0. The lowest BCUT2D eigenvalue weighted by Gasteiger charge is -2.23. The summed E-state index contributed by atoms with van der Waals surface area (Å²) in [6.07, 6.45) is 9.42. The molecule has 0 radical (unpaired) electrons. The molecule has 4 rings (SSSR count). The summed E-state index contributed by atoms with van der Waals surface area (Å²) in [5.41, 5.74) is 1.09. The zero-order chi connectivity index (χ0) is 21.8. The van der Waals surface area contributed by atoms with Gasteiger partial charge in [-0.15, -0.1) is 0 Å². The summed E-state index contributed by atoms with van der Waals surface area (Å²) in [4.78, 5) is 41.3. The van der Waals surface area contributed by atoms with E-state index >= 15 is 0 Å². The van der Waals surface area contributed by atoms with Gasteiger partial charge in [0, 0.05) is 10.9 Å². The number of carbonyl (C=O) groups is 3. The lowest BCUT2D eigenvalue weighted by molar-refractivity contribution is 0.0162. The summed E-state index contributed by atoms with van der Waals surface area (Å²) in [7, 11) is 1.30. The highest BCUT2D eigenvalue weighted by Gasteiger charge is 2.30. The van der Waals surface area contributed by atoms with Crippen molar-refractivity contribution < 1.29 is 28.6 Å². The Kier molecular flexibility index (Phi) is 6.59. The van der Waals surface area contributed by atoms with Gasteiger partial charge >= 0.3 is 17.9 Å². The maximum Gasteiger partial charge on any atom is 0.355 e. The molecule has 1 aromatic carbocycles. The minimum Gasteiger partial charge on any atom is -0.465 e. The van der Waals surface area contributed by atoms with E-state index < -0.39 is 17.9 Å². The molecule has 1 heterocycles. The molecule has 1 N–H and O–H groups in total. The van der Waals surface area contributed by atoms with E-state index in [4.69, 9.17) is 14.2 Å². The fourth-order valence-corrected chi connectivity index (χ4v) is 4.59. The van der Waals surface area contributed by atoms with Crippen molar-refractivity contribution in [3.63, 3.8) is 0 Å². The van der Waals surface area contributed by atoms with Crippen molar-refractivity contribution in [2.45, 2.75) is 76.4 Å². The molecule has 0 spiro atoms. The molecule has 31 heavy (non-hydrogen) atoms. The van der Waals surface area contributed by atoms with Crippen LogP contribution < -0.4 is 0 Å². The molecule has 2 aliphatic rings. The second-order valence-corrected chi connectivity index (χ2v) is 8.46. The Morgan fingerprint density at radius 1 is 0.806 bits per heavy atom. The lowest BCUT2D eigenvalue weighted by atomic mass is 9.97. The van der Waals surface area contributed by atoms with E-state index in [1.807, 2.05) is 0 Å². The van der Waals surface area contributed by atoms with Crippen LogP contribution in [0.5, 0.6) is 0 Å². The van der Waals surface area contributed by atoms with Crippen molar-refractivity contribution in [2.24, 2.45) is 0 Å². The number of H-pyrrole nitrogens is 1. The summed E-state index contributed by atoms with van der Waals surface area (Å²) in [5, 5.41) is 0.458. The van der Waals surface area contributed by atoms with Crippen LogP contribution in [0.15, 0.2) is 18.2 Å². The minimum atomic E-state index is -0.559. The topological polar surface area (TPSA) is 94.7 Å². The molecule has 2 fully saturated rings. The first kappa shape index (κ1) is 21.4. The smallest absolute Gasteiger partial charge is 0.355 e. The lowest BCUT2D eigenvalue weighted by Crippen LogP contribution is -2.24. The third kappa shape index (κ3) is 4.75. The van der Waals surface area contributed by atoms with Gasteiger partial charge in [-0.05, 0) is 69.6 Å². The monoisotopic (exact) mass is 427 g/mol. The molecule has 0 bridgehead atoms. The number of carbonyl (C=O) groups excluding carboxylic acids is 3. The average molecular weight is 427 g/mol. The van der Waals surface area contributed by atoms with Gasteiger partial charge in [-0.1, -0.05) is 12.8 Å². The van der Waals surface area contributed by atoms with Crippen LogP contribution in [0.1, 0.15) is 95.4 Å². The largest absolute Gasteiger partial charge is 0.465 e. The fourth-order valence-electron chi connectivity index (χ4n) is 4.59. The number of ether oxygens (including phenoxy) is 3. The average Bonchev–Trinajstić information content (AvgIpc) is 3.19. The summed E-state index contributed by atoms with van der Waals surface area (Å²) in [5.74, 6) is -1.63. The molecule has 0 saturated heterocycles. The second-order valence-electron chi connectivity index (χ2n) is 8.46. The van der Waals surface area contributed by atoms with Gasteiger partial charge in [0.1, 0.15) is 17.9 Å². The second kappa shape index (κ2) is 9.54. The molecule has 0 amide bonds. The molecule has 0 unspecified atom stereocenters. The molecule has 2 saturated carbocycles. The van der Waals surface area contributed by atoms with Crippen LogP contribution in [0.4, 0.5) is 0 Å². The van der Waals surface area contributed by atoms with Crippen LogP contribution in [0, 0.1) is 0 Å². The van der Waals surface area contributed by atoms with Gasteiger partial charge in [0.2, 0.25) is 0 Å². The number of benzene rings is 1. The number of hydrogen-bond acceptors (Lipinski definition) is 6. The van der Waals surface area contributed by atoms with Gasteiger partial charge in [0.05, 0.1) is 18.2 Å². The number of hydrogen-bond donors (Lipinski definition) is 1. The fraction of sp³-hybridized carbons (Fsp3) is 0.542. The van der Waals surface area contributed by atoms with Crippen molar-refractivity contribution in [2.75, 3.05) is 7.11 Å². The predicted molar refractivity (Wildman–Crippen MR) is 114 cm³/mol. The van der Waals surface area contributed by atoms with E-state index in [2.05, 4.69) is 4.98 Å². The zero-order valence-corrected chi connectivity index (χ0v) is 17.9. The van der Waals surface area contributed by atoms with Crippen LogP contribution in [-0.2, 0) is 14.2 Å². The van der Waals surface area contributed by atoms with Crippen LogP contribution in [0.2, 0.25) is 0 Å². The molecule has 7 heteroatoms. The maximum absolute atomic E-state index is 13.2. The van der Waals surface area contributed by atoms with Crippen molar-refractivity contribution in [3.05, 3.63) is 35.0 Å². The predicted octanol–water partition coefficient (Wildman–Crippen LogP) is 4.93. The highest BCUT2D eigenvalue weighted by Crippen LogP contribution is 2.29. The van der Waals surface area contributed by atoms with Gasteiger partial charge in [-0.2, -0.15) is 0 Å². The van der Waals surface area contributed by atoms with E-state index in [0.717, 1.165) is 64.2 Å². The minimum absolute atomic E-state index is 0.0865. The van der Waals surface area contributed by atoms with E-state index in [-0.39, 0.29) is 23.5 Å². The molecular weight excluding hydrogens is 398 g/mol. The Balaban J connectivity index is 1.68. The summed E-state index contributed by atoms with van der Waals surface area (Å²) in [6, 6.07) is 4.82. The maximum atomic E-state index is 13.2. The SMILES string of the molecule is COC(=O)c1ccc2[nH]c(C(=O)OC3CCCCC3)c(C(=O)OC3CCCCC3)c2c1. The van der Waals surface area contributed by atoms with Gasteiger partial charge in [-0.3, -0.25) is 0 Å². The highest BCUT2D eigenvalue weighted by molar-refractivity contribution is 6.13. The van der Waals surface area contributed by atoms with Gasteiger partial charge < -0.3 is 19.2 Å². The van der Waals surface area contributed by atoms with E-state index in [1.165, 1.54) is 7.11 Å². The zero-order valence-electron chi connectivity index (χ0n) is 17.9. The first-order valence-corrected chi connectivity index (χ1v) is 11.2. The first-order chi connectivity index (χ1) is 15.1. The Hall–Kier alpha value is -2.83. The van der Waals surface area contributed by atoms with Crippen molar-refractivity contribution in [1.29, 1.82) is 0 Å². The summed E-state index contributed by atoms with van der Waals surface area (Å²) < 4.78 is 16.3. The molecule has 2 aliphatic carbocycles. The van der Waals surface area contributed by atoms with E-state index in [9.17, 15) is 14.4 Å². The van der Waals surface area contributed by atoms with Crippen molar-refractivity contribution >= 4 is 28.8 Å². The van der Waals surface area contributed by atoms with Crippen LogP contribution in [-0.4, -0.2) is 42.2 Å². The summed E-state index contributed by atoms with van der Waals surface area (Å²) >= 11 is 0. The third-order valence-electron chi connectivity index (χ3n) is 6.28. The van der Waals surface area contributed by atoms with Gasteiger partial charge in [0.25, 0.3) is 0 Å². The molecule has 1 aromatic heterocycles. The van der Waals surface area contributed by atoms with Crippen LogP contribution in [0.25, 0.3) is 10.9 Å². The number of aromatic nitrogens is 1. The third-order valence-corrected chi connectivity index (χ3v) is 6.28. The Morgan fingerprint density at radius 3 is 1.97 bits per heavy atom. The number of esters is 3. The van der Waals surface area contributed by atoms with E-state index in [0.29, 0.717) is 16.5 Å². The van der Waals surface area contributed by atoms with E-state index in [1.54, 1.807) is 18.2 Å². The Labute approximate surface area is 181 Å². The van der Waals surface area contributed by atoms with Crippen molar-refractivity contribution in [3.8, 4) is 0 Å². The summed E-state index contributed by atoms with van der Waals surface area (Å²) in [6.45, 7) is 0. The Bertz CT molecular complexity index is 966. The molecule has 0 aliphatic heterocycles. The standard InChI is InChI=1S/C24H29NO6/c1-29-22(26)15-12-13-19-18(14-15)20(23(27)30-16-8-4-2-5-9-16)21(25-19)24(28)31-17-10-6-3-7-11-17/h12-14,16-17,25H,2-11H2,1H3. The highest BCUT2D eigenvalue weighted by atomic mass is 16.6. The molecule has 166 valence electrons. The number of aromatic amines is 1. The number of nitrogens with one attached hydrogen (secondary N) is 1. The van der Waals surface area contributed by atoms with Gasteiger partial charge in [-0.25, -0.2) is 14.4 Å². The molecule has 7 nitrogen and oxygen atoms in total. The molecule has 0 atom stereocenters. The Morgan fingerprint density at radius 2 is 1.39 bits per heavy atom. The quantitative estimate of drug-likeness (QED) is 0.537. The van der Waals surface area contributed by atoms with Gasteiger partial charge in [0.15, 0.2) is 0 Å². The number of fused-ring (bicyclic) bond motifs is 1.